The lowest BCUT2D eigenvalue weighted by atomic mass is 10.0. The first-order chi connectivity index (χ1) is 10.4. The average Bonchev–Trinajstić information content (AvgIpc) is 3.04. The summed E-state index contributed by atoms with van der Waals surface area (Å²) in [6.45, 7) is 7.20. The average molecular weight is 307 g/mol. The molecule has 0 bridgehead atoms. The molecule has 1 saturated carbocycles. The van der Waals surface area contributed by atoms with E-state index in [0.29, 0.717) is 6.54 Å². The van der Waals surface area contributed by atoms with E-state index >= 15 is 0 Å². The van der Waals surface area contributed by atoms with Gasteiger partial charge in [-0.15, -0.1) is 0 Å². The molecule has 124 valence electrons. The fourth-order valence-electron chi connectivity index (χ4n) is 2.99. The van der Waals surface area contributed by atoms with Crippen LogP contribution in [0.4, 0.5) is 4.79 Å². The lowest BCUT2D eigenvalue weighted by Crippen LogP contribution is -2.33. The molecule has 1 aliphatic rings. The molecule has 0 atom stereocenters. The van der Waals surface area contributed by atoms with Crippen LogP contribution >= 0.6 is 0 Å². The van der Waals surface area contributed by atoms with Crippen LogP contribution in [0.2, 0.25) is 0 Å². The van der Waals surface area contributed by atoms with Gasteiger partial charge in [-0.1, -0.05) is 25.7 Å². The van der Waals surface area contributed by atoms with Gasteiger partial charge in [-0.2, -0.15) is 0 Å². The summed E-state index contributed by atoms with van der Waals surface area (Å²) < 4.78 is 7.45. The fourth-order valence-corrected chi connectivity index (χ4v) is 2.99. The summed E-state index contributed by atoms with van der Waals surface area (Å²) in [6.07, 6.45) is 11.0. The van der Waals surface area contributed by atoms with E-state index in [9.17, 15) is 4.79 Å². The van der Waals surface area contributed by atoms with Crippen LogP contribution in [0.25, 0.3) is 0 Å². The maximum Gasteiger partial charge on any atom is 0.407 e. The van der Waals surface area contributed by atoms with Gasteiger partial charge in [0.15, 0.2) is 0 Å². The second kappa shape index (κ2) is 7.65. The van der Waals surface area contributed by atoms with E-state index in [4.69, 9.17) is 4.74 Å². The molecule has 1 heterocycles. The van der Waals surface area contributed by atoms with Gasteiger partial charge in [0.1, 0.15) is 5.60 Å². The fraction of sp³-hybridized carbons (Fsp3) is 0.765. The highest BCUT2D eigenvalue weighted by atomic mass is 16.6. The predicted octanol–water partition coefficient (Wildman–Crippen LogP) is 3.53. The van der Waals surface area contributed by atoms with Crippen molar-refractivity contribution in [3.05, 3.63) is 18.2 Å². The quantitative estimate of drug-likeness (QED) is 0.874. The Labute approximate surface area is 133 Å². The minimum atomic E-state index is -0.451. The van der Waals surface area contributed by atoms with Crippen molar-refractivity contribution in [1.82, 2.24) is 14.9 Å². The highest BCUT2D eigenvalue weighted by Crippen LogP contribution is 2.28. The van der Waals surface area contributed by atoms with Gasteiger partial charge in [0.2, 0.25) is 0 Å². The number of hydrogen-bond donors (Lipinski definition) is 1. The van der Waals surface area contributed by atoms with Crippen molar-refractivity contribution in [3.63, 3.8) is 0 Å². The lowest BCUT2D eigenvalue weighted by molar-refractivity contribution is 0.0528. The van der Waals surface area contributed by atoms with Crippen LogP contribution in [-0.4, -0.2) is 27.8 Å². The highest BCUT2D eigenvalue weighted by molar-refractivity contribution is 5.67. The van der Waals surface area contributed by atoms with Crippen LogP contribution in [-0.2, 0) is 17.7 Å². The number of rotatable bonds is 6. The van der Waals surface area contributed by atoms with Crippen LogP contribution < -0.4 is 5.32 Å². The number of carbonyl (C=O) groups excluding carboxylic acids is 1. The summed E-state index contributed by atoms with van der Waals surface area (Å²) in [6, 6.07) is 0. The van der Waals surface area contributed by atoms with Crippen molar-refractivity contribution in [2.75, 3.05) is 6.54 Å². The van der Waals surface area contributed by atoms with Gasteiger partial charge in [0, 0.05) is 31.4 Å². The first-order valence-corrected chi connectivity index (χ1v) is 8.40. The molecule has 1 aromatic rings. The summed E-state index contributed by atoms with van der Waals surface area (Å²) in [5, 5.41) is 2.80. The van der Waals surface area contributed by atoms with E-state index in [-0.39, 0.29) is 6.09 Å². The first kappa shape index (κ1) is 16.8. The van der Waals surface area contributed by atoms with Crippen LogP contribution in [0.5, 0.6) is 0 Å². The number of nitrogens with zero attached hydrogens (tertiary/aromatic N) is 2. The number of amides is 1. The Hall–Kier alpha value is -1.52. The van der Waals surface area contributed by atoms with Crippen molar-refractivity contribution >= 4 is 6.09 Å². The molecular weight excluding hydrogens is 278 g/mol. The number of aromatic nitrogens is 2. The van der Waals surface area contributed by atoms with Crippen LogP contribution in [0, 0.1) is 5.92 Å². The first-order valence-electron chi connectivity index (χ1n) is 8.40. The molecule has 0 aliphatic heterocycles. The maximum absolute atomic E-state index is 11.6. The number of nitrogens with one attached hydrogen (secondary N) is 1. The van der Waals surface area contributed by atoms with Crippen molar-refractivity contribution in [1.29, 1.82) is 0 Å². The Morgan fingerprint density at radius 2 is 2.14 bits per heavy atom. The molecule has 1 amide bonds. The minimum absolute atomic E-state index is 0.357. The third kappa shape index (κ3) is 5.70. The molecule has 2 rings (SSSR count). The molecule has 22 heavy (non-hydrogen) atoms. The molecule has 1 aliphatic carbocycles. The third-order valence-corrected chi connectivity index (χ3v) is 4.10. The van der Waals surface area contributed by atoms with Gasteiger partial charge in [-0.25, -0.2) is 9.78 Å². The van der Waals surface area contributed by atoms with Crippen molar-refractivity contribution in [2.24, 2.45) is 5.92 Å². The zero-order valence-electron chi connectivity index (χ0n) is 14.1. The normalized spacial score (nSPS) is 16.0. The molecule has 1 fully saturated rings. The molecule has 1 aromatic heterocycles. The predicted molar refractivity (Wildman–Crippen MR) is 86.7 cm³/mol. The van der Waals surface area contributed by atoms with Crippen LogP contribution in [0.1, 0.15) is 58.6 Å². The molecule has 0 aromatic carbocycles. The smallest absolute Gasteiger partial charge is 0.407 e. The molecule has 0 radical (unpaired) electrons. The van der Waals surface area contributed by atoms with E-state index in [2.05, 4.69) is 14.9 Å². The van der Waals surface area contributed by atoms with Crippen molar-refractivity contribution < 1.29 is 9.53 Å². The summed E-state index contributed by atoms with van der Waals surface area (Å²) >= 11 is 0. The van der Waals surface area contributed by atoms with Crippen LogP contribution in [0.3, 0.4) is 0 Å². The van der Waals surface area contributed by atoms with Gasteiger partial charge in [-0.05, 0) is 33.1 Å². The van der Waals surface area contributed by atoms with Gasteiger partial charge in [0.05, 0.1) is 6.33 Å². The second-order valence-corrected chi connectivity index (χ2v) is 7.20. The summed E-state index contributed by atoms with van der Waals surface area (Å²) in [7, 11) is 0. The Balaban J connectivity index is 1.71. The summed E-state index contributed by atoms with van der Waals surface area (Å²) in [5.41, 5.74) is 0.724. The van der Waals surface area contributed by atoms with E-state index in [1.54, 1.807) is 0 Å². The molecule has 0 saturated heterocycles. The number of imidazole rings is 1. The lowest BCUT2D eigenvalue weighted by Gasteiger charge is -2.19. The maximum atomic E-state index is 11.6. The number of hydrogen-bond acceptors (Lipinski definition) is 3. The number of carbonyl (C=O) groups is 1. The van der Waals surface area contributed by atoms with Gasteiger partial charge in [0.25, 0.3) is 0 Å². The number of aryl methyl sites for hydroxylation is 1. The molecular formula is C17H29N3O2. The third-order valence-electron chi connectivity index (χ3n) is 4.10. The largest absolute Gasteiger partial charge is 0.444 e. The minimum Gasteiger partial charge on any atom is -0.444 e. The standard InChI is InChI=1S/C17H29N3O2/c1-17(2,3)22-16(21)19-10-8-15-12-18-13-20(15)11-9-14-6-4-5-7-14/h12-14H,4-11H2,1-3H3,(H,19,21). The topological polar surface area (TPSA) is 56.1 Å². The van der Waals surface area contributed by atoms with Gasteiger partial charge < -0.3 is 14.6 Å². The second-order valence-electron chi connectivity index (χ2n) is 7.20. The van der Waals surface area contributed by atoms with Crippen molar-refractivity contribution in [3.8, 4) is 0 Å². The van der Waals surface area contributed by atoms with Gasteiger partial charge >= 0.3 is 6.09 Å². The van der Waals surface area contributed by atoms with E-state index in [0.717, 1.165) is 18.9 Å². The number of ether oxygens (including phenoxy) is 1. The van der Waals surface area contributed by atoms with E-state index < -0.39 is 5.60 Å². The van der Waals surface area contributed by atoms with Crippen LogP contribution in [0.15, 0.2) is 12.5 Å². The Morgan fingerprint density at radius 1 is 1.41 bits per heavy atom. The Bertz CT molecular complexity index is 470. The zero-order valence-corrected chi connectivity index (χ0v) is 14.1. The molecule has 5 heteroatoms. The summed E-state index contributed by atoms with van der Waals surface area (Å²) in [5.74, 6) is 0.884. The van der Waals surface area contributed by atoms with E-state index in [1.165, 1.54) is 37.8 Å². The van der Waals surface area contributed by atoms with E-state index in [1.807, 2.05) is 33.3 Å². The Morgan fingerprint density at radius 3 is 2.82 bits per heavy atom. The molecule has 5 nitrogen and oxygen atoms in total. The highest BCUT2D eigenvalue weighted by Gasteiger charge is 2.16. The van der Waals surface area contributed by atoms with Gasteiger partial charge in [-0.3, -0.25) is 0 Å². The molecule has 1 N–H and O–H groups in total. The zero-order chi connectivity index (χ0) is 16.0. The summed E-state index contributed by atoms with van der Waals surface area (Å²) in [4.78, 5) is 15.9. The Kier molecular flexibility index (Phi) is 5.86. The monoisotopic (exact) mass is 307 g/mol. The molecule has 0 spiro atoms. The molecule has 0 unspecified atom stereocenters. The van der Waals surface area contributed by atoms with Crippen molar-refractivity contribution in [2.45, 2.75) is 71.4 Å². The SMILES string of the molecule is CC(C)(C)OC(=O)NCCc1cncn1CCC1CCCC1. The number of alkyl carbamates (subject to hydrolysis) is 1.